The Labute approximate surface area is 214 Å². The van der Waals surface area contributed by atoms with Crippen molar-refractivity contribution in [1.82, 2.24) is 0 Å². The highest BCUT2D eigenvalue weighted by Gasteiger charge is 2.48. The first kappa shape index (κ1) is 29.3. The highest BCUT2D eigenvalue weighted by molar-refractivity contribution is 7.67. The van der Waals surface area contributed by atoms with E-state index < -0.39 is 16.6 Å². The lowest BCUT2D eigenvalue weighted by Gasteiger charge is -2.45. The summed E-state index contributed by atoms with van der Waals surface area (Å²) in [7, 11) is -4.32. The van der Waals surface area contributed by atoms with Crippen LogP contribution in [0.1, 0.15) is 66.5 Å². The van der Waals surface area contributed by atoms with Crippen LogP contribution in [0.5, 0.6) is 0 Å². The monoisotopic (exact) mass is 515 g/mol. The van der Waals surface area contributed by atoms with Crippen molar-refractivity contribution >= 4 is 46.4 Å². The maximum atomic E-state index is 7.28. The Morgan fingerprint density at radius 3 is 1.62 bits per heavy atom. The van der Waals surface area contributed by atoms with E-state index in [1.165, 1.54) is 33.0 Å². The summed E-state index contributed by atoms with van der Waals surface area (Å²) < 4.78 is 7.28. The number of hydrogen-bond acceptors (Lipinski definition) is 2. The first-order valence-corrected chi connectivity index (χ1v) is 20.0. The lowest BCUT2D eigenvalue weighted by Crippen LogP contribution is -2.61. The number of nitrogens with one attached hydrogen (secondary N) is 1. The van der Waals surface area contributed by atoms with E-state index in [-0.39, 0.29) is 7.92 Å². The van der Waals surface area contributed by atoms with E-state index >= 15 is 0 Å². The Balaban J connectivity index is 2.76. The molecule has 0 saturated carbocycles. The van der Waals surface area contributed by atoms with Crippen molar-refractivity contribution in [1.29, 1.82) is 0 Å². The van der Waals surface area contributed by atoms with Crippen molar-refractivity contribution in [2.75, 3.05) is 5.32 Å². The third-order valence-electron chi connectivity index (χ3n) is 6.60. The van der Waals surface area contributed by atoms with E-state index in [0.29, 0.717) is 22.4 Å². The zero-order valence-electron chi connectivity index (χ0n) is 24.1. The van der Waals surface area contributed by atoms with Crippen LogP contribution in [0.4, 0.5) is 11.4 Å². The molecular formula is C29H50NOPSi2. The zero-order chi connectivity index (χ0) is 26.0. The molecule has 0 fully saturated rings. The normalized spacial score (nSPS) is 13.1. The summed E-state index contributed by atoms with van der Waals surface area (Å²) in [5, 5.41) is 6.91. The van der Waals surface area contributed by atoms with Gasteiger partial charge in [-0.05, 0) is 79.3 Å². The van der Waals surface area contributed by atoms with Crippen molar-refractivity contribution in [3.63, 3.8) is 0 Å². The van der Waals surface area contributed by atoms with Gasteiger partial charge in [0.25, 0.3) is 0 Å². The van der Waals surface area contributed by atoms with Gasteiger partial charge in [-0.1, -0.05) is 92.6 Å². The molecule has 0 spiro atoms. The summed E-state index contributed by atoms with van der Waals surface area (Å²) in [6.45, 7) is 30.5. The average Bonchev–Trinajstić information content (AvgIpc) is 2.67. The highest BCUT2D eigenvalue weighted by Crippen LogP contribution is 2.47. The van der Waals surface area contributed by atoms with Gasteiger partial charge in [0.2, 0.25) is 8.32 Å². The maximum Gasteiger partial charge on any atom is 0.219 e. The second kappa shape index (κ2) is 11.4. The van der Waals surface area contributed by atoms with Crippen molar-refractivity contribution in [3.05, 3.63) is 47.5 Å². The van der Waals surface area contributed by atoms with E-state index in [0.717, 1.165) is 0 Å². The summed E-state index contributed by atoms with van der Waals surface area (Å²) in [6, 6.07) is 14.0. The predicted octanol–water partition coefficient (Wildman–Crippen LogP) is 8.80. The third kappa shape index (κ3) is 6.63. The molecule has 2 aromatic rings. The molecule has 2 aromatic carbocycles. The SMILES string of the molecule is Cc1ccc(Nc2ccc(C)cc2[Si](O[Si](C)(C)C)(C(C)C)C(C)C)c(P(C(C)C)C(C)C)c1. The van der Waals surface area contributed by atoms with Gasteiger partial charge in [0.15, 0.2) is 8.32 Å². The van der Waals surface area contributed by atoms with Gasteiger partial charge in [-0.25, -0.2) is 0 Å². The topological polar surface area (TPSA) is 21.3 Å². The standard InChI is InChI=1S/C29H50NOPSi2/c1-20(2)32(21(3)4)28-18-24(9)14-16-26(28)30-27-17-15-25(10)19-29(27)34(22(5)6,23(7)8)31-33(11,12)13/h14-23,30H,1-13H3. The molecule has 0 aliphatic heterocycles. The molecule has 0 saturated heterocycles. The second-order valence-electron chi connectivity index (χ2n) is 12.1. The van der Waals surface area contributed by atoms with E-state index in [4.69, 9.17) is 4.12 Å². The molecule has 2 nitrogen and oxygen atoms in total. The first-order chi connectivity index (χ1) is 15.6. The molecule has 1 N–H and O–H groups in total. The Bertz CT molecular complexity index is 947. The van der Waals surface area contributed by atoms with Crippen LogP contribution < -0.4 is 15.8 Å². The number of rotatable bonds is 10. The lowest BCUT2D eigenvalue weighted by molar-refractivity contribution is 0.515. The highest BCUT2D eigenvalue weighted by atomic mass is 31.1. The quantitative estimate of drug-likeness (QED) is 0.252. The maximum absolute atomic E-state index is 7.28. The van der Waals surface area contributed by atoms with E-state index in [9.17, 15) is 0 Å². The second-order valence-corrected chi connectivity index (χ2v) is 24.9. The lowest BCUT2D eigenvalue weighted by atomic mass is 10.2. The average molecular weight is 516 g/mol. The largest absolute Gasteiger partial charge is 0.452 e. The molecule has 0 heterocycles. The van der Waals surface area contributed by atoms with Crippen LogP contribution in [-0.4, -0.2) is 28.0 Å². The van der Waals surface area contributed by atoms with Crippen LogP contribution in [0, 0.1) is 13.8 Å². The van der Waals surface area contributed by atoms with Gasteiger partial charge < -0.3 is 9.43 Å². The van der Waals surface area contributed by atoms with Crippen LogP contribution >= 0.6 is 7.92 Å². The molecular weight excluding hydrogens is 465 g/mol. The van der Waals surface area contributed by atoms with Crippen LogP contribution in [0.15, 0.2) is 36.4 Å². The minimum atomic E-state index is -2.29. The molecule has 0 unspecified atom stereocenters. The van der Waals surface area contributed by atoms with Gasteiger partial charge in [0.05, 0.1) is 0 Å². The van der Waals surface area contributed by atoms with E-state index in [1.807, 2.05) is 0 Å². The summed E-state index contributed by atoms with van der Waals surface area (Å²) in [5.41, 5.74) is 7.43. The molecule has 0 aliphatic carbocycles. The van der Waals surface area contributed by atoms with Crippen LogP contribution in [0.2, 0.25) is 30.7 Å². The van der Waals surface area contributed by atoms with Crippen molar-refractivity contribution in [3.8, 4) is 0 Å². The van der Waals surface area contributed by atoms with Gasteiger partial charge in [0.1, 0.15) is 0 Å². The number of hydrogen-bond donors (Lipinski definition) is 1. The molecule has 0 radical (unpaired) electrons. The Morgan fingerprint density at radius 1 is 0.706 bits per heavy atom. The molecule has 0 atom stereocenters. The first-order valence-electron chi connectivity index (χ1n) is 13.1. The van der Waals surface area contributed by atoms with Crippen LogP contribution in [0.3, 0.4) is 0 Å². The minimum absolute atomic E-state index is 0.273. The van der Waals surface area contributed by atoms with Crippen molar-refractivity contribution < 1.29 is 4.12 Å². The predicted molar refractivity (Wildman–Crippen MR) is 162 cm³/mol. The van der Waals surface area contributed by atoms with E-state index in [2.05, 4.69) is 131 Å². The Kier molecular flexibility index (Phi) is 9.83. The van der Waals surface area contributed by atoms with Gasteiger partial charge in [-0.15, -0.1) is 0 Å². The summed E-state index contributed by atoms with van der Waals surface area (Å²) in [4.78, 5) is 0. The molecule has 0 bridgehead atoms. The van der Waals surface area contributed by atoms with Gasteiger partial charge in [0, 0.05) is 16.7 Å². The fraction of sp³-hybridized carbons (Fsp3) is 0.586. The van der Waals surface area contributed by atoms with Gasteiger partial charge >= 0.3 is 0 Å². The van der Waals surface area contributed by atoms with E-state index in [1.54, 1.807) is 0 Å². The molecule has 0 aliphatic rings. The number of benzene rings is 2. The Hall–Kier alpha value is -0.936. The van der Waals surface area contributed by atoms with Gasteiger partial charge in [-0.2, -0.15) is 0 Å². The van der Waals surface area contributed by atoms with Crippen molar-refractivity contribution in [2.24, 2.45) is 0 Å². The molecule has 5 heteroatoms. The summed E-state index contributed by atoms with van der Waals surface area (Å²) in [5.74, 6) is 0. The molecule has 190 valence electrons. The smallest absolute Gasteiger partial charge is 0.219 e. The fourth-order valence-electron chi connectivity index (χ4n) is 5.44. The third-order valence-corrected chi connectivity index (χ3v) is 18.2. The van der Waals surface area contributed by atoms with Gasteiger partial charge in [-0.3, -0.25) is 0 Å². The molecule has 0 aromatic heterocycles. The minimum Gasteiger partial charge on any atom is -0.452 e. The summed E-state index contributed by atoms with van der Waals surface area (Å²) in [6.07, 6.45) is 0. The fourth-order valence-corrected chi connectivity index (χ4v) is 18.5. The molecule has 0 amide bonds. The zero-order valence-corrected chi connectivity index (χ0v) is 27.0. The number of aryl methyl sites for hydroxylation is 2. The van der Waals surface area contributed by atoms with Crippen LogP contribution in [-0.2, 0) is 4.12 Å². The summed E-state index contributed by atoms with van der Waals surface area (Å²) >= 11 is 0. The van der Waals surface area contributed by atoms with Crippen molar-refractivity contribution in [2.45, 2.75) is 111 Å². The number of anilines is 2. The van der Waals surface area contributed by atoms with Crippen LogP contribution in [0.25, 0.3) is 0 Å². The molecule has 34 heavy (non-hydrogen) atoms. The Morgan fingerprint density at radius 2 is 1.18 bits per heavy atom. The molecule has 2 rings (SSSR count).